The summed E-state index contributed by atoms with van der Waals surface area (Å²) in [5.41, 5.74) is 6.71. The van der Waals surface area contributed by atoms with Gasteiger partial charge in [-0.05, 0) is 85.3 Å². The highest BCUT2D eigenvalue weighted by atomic mass is 16.3. The number of hydrogen-bond donors (Lipinski definition) is 3. The molecule has 3 unspecified atom stereocenters. The van der Waals surface area contributed by atoms with Crippen molar-refractivity contribution in [3.05, 3.63) is 70.3 Å². The second-order valence-corrected chi connectivity index (χ2v) is 10.2. The maximum absolute atomic E-state index is 13.0. The first-order chi connectivity index (χ1) is 15.5. The number of carbonyl (C=O) groups is 1. The minimum absolute atomic E-state index is 0.0259. The van der Waals surface area contributed by atoms with Gasteiger partial charge in [-0.15, -0.1) is 0 Å². The predicted octanol–water partition coefficient (Wildman–Crippen LogP) is 3.95. The number of aryl methyl sites for hydroxylation is 2. The molecule has 0 aliphatic heterocycles. The number of nitrogens with one attached hydrogen (secondary N) is 2. The zero-order valence-corrected chi connectivity index (χ0v) is 18.7. The normalized spacial score (nSPS) is 27.9. The van der Waals surface area contributed by atoms with E-state index in [4.69, 9.17) is 5.10 Å². The van der Waals surface area contributed by atoms with E-state index in [0.29, 0.717) is 35.7 Å². The van der Waals surface area contributed by atoms with Crippen LogP contribution in [0.15, 0.2) is 36.5 Å². The molecule has 3 aliphatic rings. The Morgan fingerprint density at radius 1 is 1.34 bits per heavy atom. The molecule has 2 aromatic heterocycles. The smallest absolute Gasteiger partial charge is 0.269 e. The highest BCUT2D eigenvalue weighted by Gasteiger charge is 2.55. The summed E-state index contributed by atoms with van der Waals surface area (Å²) in [6, 6.07) is 9.94. The third kappa shape index (κ3) is 2.78. The summed E-state index contributed by atoms with van der Waals surface area (Å²) < 4.78 is 2.02. The number of aromatic amines is 1. The molecule has 1 amide bonds. The molecule has 3 aromatic rings. The van der Waals surface area contributed by atoms with Crippen LogP contribution in [0.25, 0.3) is 0 Å². The Kier molecular flexibility index (Phi) is 4.29. The highest BCUT2D eigenvalue weighted by Crippen LogP contribution is 2.60. The predicted molar refractivity (Wildman–Crippen MR) is 122 cm³/mol. The van der Waals surface area contributed by atoms with Gasteiger partial charge in [-0.1, -0.05) is 13.0 Å². The molecule has 6 heteroatoms. The molecule has 1 saturated carbocycles. The van der Waals surface area contributed by atoms with Crippen LogP contribution in [0.2, 0.25) is 0 Å². The van der Waals surface area contributed by atoms with Gasteiger partial charge in [-0.2, -0.15) is 5.10 Å². The Hall–Kier alpha value is -3.02. The SMILES string of the molecule is Cn1cccc1CNC(=O)c1[nH]nc2c1CC1C3CCc4cc(O)ccc4C3CC[C@]21C. The third-order valence-corrected chi connectivity index (χ3v) is 8.64. The highest BCUT2D eigenvalue weighted by molar-refractivity contribution is 5.94. The van der Waals surface area contributed by atoms with Crippen molar-refractivity contribution in [2.24, 2.45) is 18.9 Å². The van der Waals surface area contributed by atoms with Crippen molar-refractivity contribution in [1.82, 2.24) is 20.1 Å². The lowest BCUT2D eigenvalue weighted by atomic mass is 9.55. The Bertz CT molecular complexity index is 1210. The van der Waals surface area contributed by atoms with Crippen molar-refractivity contribution >= 4 is 5.91 Å². The average Bonchev–Trinajstić information content (AvgIpc) is 3.46. The third-order valence-electron chi connectivity index (χ3n) is 8.64. The van der Waals surface area contributed by atoms with E-state index < -0.39 is 0 Å². The molecule has 3 N–H and O–H groups in total. The van der Waals surface area contributed by atoms with Crippen molar-refractivity contribution in [3.8, 4) is 5.75 Å². The van der Waals surface area contributed by atoms with Crippen LogP contribution in [0.4, 0.5) is 0 Å². The summed E-state index contributed by atoms with van der Waals surface area (Å²) in [4.78, 5) is 13.0. The minimum Gasteiger partial charge on any atom is -0.508 e. The van der Waals surface area contributed by atoms with Crippen molar-refractivity contribution in [2.75, 3.05) is 0 Å². The number of benzene rings is 1. The zero-order chi connectivity index (χ0) is 22.0. The molecule has 166 valence electrons. The monoisotopic (exact) mass is 430 g/mol. The zero-order valence-electron chi connectivity index (χ0n) is 18.7. The molecule has 4 atom stereocenters. The van der Waals surface area contributed by atoms with Gasteiger partial charge in [0.1, 0.15) is 11.4 Å². The summed E-state index contributed by atoms with van der Waals surface area (Å²) in [7, 11) is 1.99. The van der Waals surface area contributed by atoms with Crippen LogP contribution < -0.4 is 5.32 Å². The fourth-order valence-electron chi connectivity index (χ4n) is 6.94. The van der Waals surface area contributed by atoms with Gasteiger partial charge in [0.2, 0.25) is 0 Å². The molecule has 6 nitrogen and oxygen atoms in total. The average molecular weight is 431 g/mol. The Labute approximate surface area is 188 Å². The van der Waals surface area contributed by atoms with Gasteiger partial charge >= 0.3 is 0 Å². The number of carbonyl (C=O) groups excluding carboxylic acids is 1. The van der Waals surface area contributed by atoms with E-state index in [1.54, 1.807) is 0 Å². The number of hydrogen-bond acceptors (Lipinski definition) is 3. The summed E-state index contributed by atoms with van der Waals surface area (Å²) in [6.45, 7) is 2.86. The summed E-state index contributed by atoms with van der Waals surface area (Å²) >= 11 is 0. The molecular formula is C26H30N4O2. The molecule has 3 aliphatic carbocycles. The van der Waals surface area contributed by atoms with Gasteiger partial charge in [0.05, 0.1) is 12.2 Å². The van der Waals surface area contributed by atoms with E-state index >= 15 is 0 Å². The summed E-state index contributed by atoms with van der Waals surface area (Å²) in [5, 5.41) is 20.8. The fourth-order valence-corrected chi connectivity index (χ4v) is 6.94. The second kappa shape index (κ2) is 6.99. The number of amides is 1. The van der Waals surface area contributed by atoms with Gasteiger partial charge < -0.3 is 15.0 Å². The fraction of sp³-hybridized carbons (Fsp3) is 0.462. The number of H-pyrrole nitrogens is 1. The van der Waals surface area contributed by atoms with Gasteiger partial charge in [0.15, 0.2) is 0 Å². The lowest BCUT2D eigenvalue weighted by molar-refractivity contribution is 0.0936. The maximum atomic E-state index is 13.0. The molecular weight excluding hydrogens is 400 g/mol. The van der Waals surface area contributed by atoms with Crippen LogP contribution >= 0.6 is 0 Å². The quantitative estimate of drug-likeness (QED) is 0.588. The van der Waals surface area contributed by atoms with Crippen molar-refractivity contribution in [2.45, 2.75) is 56.9 Å². The van der Waals surface area contributed by atoms with Crippen LogP contribution in [0.1, 0.15) is 70.7 Å². The lowest BCUT2D eigenvalue weighted by Crippen LogP contribution is -2.43. The first kappa shape index (κ1) is 19.6. The van der Waals surface area contributed by atoms with E-state index in [-0.39, 0.29) is 11.3 Å². The maximum Gasteiger partial charge on any atom is 0.269 e. The number of rotatable bonds is 3. The van der Waals surface area contributed by atoms with Crippen molar-refractivity contribution < 1.29 is 9.90 Å². The number of phenolic OH excluding ortho intramolecular Hbond substituents is 1. The van der Waals surface area contributed by atoms with E-state index in [0.717, 1.165) is 49.1 Å². The van der Waals surface area contributed by atoms with E-state index in [1.807, 2.05) is 42.1 Å². The molecule has 1 aromatic carbocycles. The van der Waals surface area contributed by atoms with Crippen molar-refractivity contribution in [3.63, 3.8) is 0 Å². The Morgan fingerprint density at radius 2 is 2.22 bits per heavy atom. The van der Waals surface area contributed by atoms with E-state index in [1.165, 1.54) is 11.1 Å². The largest absolute Gasteiger partial charge is 0.508 e. The van der Waals surface area contributed by atoms with Gasteiger partial charge in [-0.25, -0.2) is 0 Å². The van der Waals surface area contributed by atoms with E-state index in [2.05, 4.69) is 23.4 Å². The second-order valence-electron chi connectivity index (χ2n) is 10.2. The minimum atomic E-state index is -0.0665. The molecule has 6 rings (SSSR count). The van der Waals surface area contributed by atoms with Crippen LogP contribution in [0, 0.1) is 11.8 Å². The summed E-state index contributed by atoms with van der Waals surface area (Å²) in [5.74, 6) is 1.95. The van der Waals surface area contributed by atoms with E-state index in [9.17, 15) is 9.90 Å². The van der Waals surface area contributed by atoms with Crippen LogP contribution in [-0.2, 0) is 31.8 Å². The Morgan fingerprint density at radius 3 is 3.03 bits per heavy atom. The number of nitrogens with zero attached hydrogens (tertiary/aromatic N) is 2. The first-order valence-corrected chi connectivity index (χ1v) is 11.7. The Balaban J connectivity index is 1.26. The van der Waals surface area contributed by atoms with Gasteiger partial charge in [0.25, 0.3) is 5.91 Å². The standard InChI is InChI=1S/C26H30N4O2/c1-26-10-9-19-18-8-6-17(31)12-15(18)5-7-20(19)22(26)13-21-23(28-29-24(21)26)25(32)27-14-16-4-3-11-30(16)2/h3-4,6,8,11-12,19-20,22,31H,5,7,9-10,13-14H2,1-2H3,(H,27,32)(H,28,29)/t19?,20?,22?,26-/m0/s1. The molecule has 0 radical (unpaired) electrons. The van der Waals surface area contributed by atoms with Crippen LogP contribution in [0.3, 0.4) is 0 Å². The lowest BCUT2D eigenvalue weighted by Gasteiger charge is -2.49. The first-order valence-electron chi connectivity index (χ1n) is 11.7. The number of fused-ring (bicyclic) bond motifs is 7. The topological polar surface area (TPSA) is 82.9 Å². The molecule has 32 heavy (non-hydrogen) atoms. The molecule has 0 bridgehead atoms. The van der Waals surface area contributed by atoms with Crippen LogP contribution in [0.5, 0.6) is 5.75 Å². The van der Waals surface area contributed by atoms with Crippen molar-refractivity contribution in [1.29, 1.82) is 0 Å². The van der Waals surface area contributed by atoms with Crippen LogP contribution in [-0.4, -0.2) is 25.8 Å². The molecule has 0 spiro atoms. The molecule has 1 fully saturated rings. The van der Waals surface area contributed by atoms with Gasteiger partial charge in [0, 0.05) is 29.9 Å². The molecule has 0 saturated heterocycles. The summed E-state index contributed by atoms with van der Waals surface area (Å²) in [6.07, 6.45) is 7.29. The van der Waals surface area contributed by atoms with Gasteiger partial charge in [-0.3, -0.25) is 9.89 Å². The number of phenols is 1. The number of aromatic nitrogens is 3. The molecule has 2 heterocycles. The number of aromatic hydroxyl groups is 1.